The fraction of sp³-hybridized carbons (Fsp3) is 0.688. The molecule has 0 saturated heterocycles. The maximum Gasteiger partial charge on any atom is 0.178 e. The van der Waals surface area contributed by atoms with Crippen molar-refractivity contribution in [2.45, 2.75) is 65.5 Å². The van der Waals surface area contributed by atoms with Gasteiger partial charge in [-0.3, -0.25) is 0 Å². The van der Waals surface area contributed by atoms with Crippen LogP contribution in [0.25, 0.3) is 0 Å². The zero-order valence-electron chi connectivity index (χ0n) is 13.3. The van der Waals surface area contributed by atoms with Crippen LogP contribution in [0.2, 0.25) is 0 Å². The van der Waals surface area contributed by atoms with Gasteiger partial charge < -0.3 is 15.8 Å². The maximum atomic E-state index is 9.16. The average molecular weight is 307 g/mol. The van der Waals surface area contributed by atoms with Gasteiger partial charge in [0.2, 0.25) is 0 Å². The lowest BCUT2D eigenvalue weighted by molar-refractivity contribution is 0.230. The van der Waals surface area contributed by atoms with E-state index in [1.807, 2.05) is 13.8 Å². The molecule has 1 aliphatic carbocycles. The number of nitrogen functional groups attached to an aromatic ring is 1. The molecule has 1 heterocycles. The van der Waals surface area contributed by atoms with Gasteiger partial charge in [0.05, 0.1) is 6.10 Å². The minimum atomic E-state index is 0.0410. The second kappa shape index (κ2) is 6.15. The Hall–Kier alpha value is -1.41. The van der Waals surface area contributed by atoms with Crippen molar-refractivity contribution in [3.05, 3.63) is 4.88 Å². The molecule has 1 saturated carbocycles. The average Bonchev–Trinajstić information content (AvgIpc) is 2.69. The monoisotopic (exact) mass is 307 g/mol. The minimum Gasteiger partial charge on any atom is -0.486 e. The number of nitrogens with zero attached hydrogens (tertiary/aromatic N) is 1. The van der Waals surface area contributed by atoms with E-state index >= 15 is 0 Å². The maximum absolute atomic E-state index is 9.16. The van der Waals surface area contributed by atoms with Crippen molar-refractivity contribution >= 4 is 22.0 Å². The molecule has 0 bridgehead atoms. The topological polar surface area (TPSA) is 71.1 Å². The molecule has 5 heteroatoms. The second-order valence-electron chi connectivity index (χ2n) is 6.86. The molecule has 3 N–H and O–H groups in total. The second-order valence-corrected chi connectivity index (χ2v) is 7.88. The first-order valence-corrected chi connectivity index (χ1v) is 8.39. The van der Waals surface area contributed by atoms with Gasteiger partial charge in [0.25, 0.3) is 0 Å². The number of rotatable bonds is 4. The molecule has 0 aromatic carbocycles. The number of nitriles is 1. The summed E-state index contributed by atoms with van der Waals surface area (Å²) in [6, 6.07) is 2.59. The summed E-state index contributed by atoms with van der Waals surface area (Å²) in [5.41, 5.74) is 6.95. The van der Waals surface area contributed by atoms with Crippen LogP contribution in [0.15, 0.2) is 0 Å². The van der Waals surface area contributed by atoms with Crippen molar-refractivity contribution in [1.82, 2.24) is 0 Å². The van der Waals surface area contributed by atoms with E-state index in [-0.39, 0.29) is 6.10 Å². The molecular weight excluding hydrogens is 282 g/mol. The SMILES string of the molecule is CC(C)Oc1c(NC2CCC(C)(C)CC2)sc(C#N)c1N. The Labute approximate surface area is 131 Å². The number of thiophene rings is 1. The third-order valence-corrected chi connectivity index (χ3v) is 5.05. The van der Waals surface area contributed by atoms with E-state index in [0.717, 1.165) is 17.8 Å². The first kappa shape index (κ1) is 16.0. The summed E-state index contributed by atoms with van der Waals surface area (Å²) in [6.45, 7) is 8.59. The summed E-state index contributed by atoms with van der Waals surface area (Å²) < 4.78 is 5.81. The Morgan fingerprint density at radius 1 is 1.38 bits per heavy atom. The van der Waals surface area contributed by atoms with E-state index in [4.69, 9.17) is 15.7 Å². The van der Waals surface area contributed by atoms with Crippen molar-refractivity contribution in [1.29, 1.82) is 5.26 Å². The van der Waals surface area contributed by atoms with Gasteiger partial charge >= 0.3 is 0 Å². The van der Waals surface area contributed by atoms with E-state index in [0.29, 0.717) is 27.8 Å². The lowest BCUT2D eigenvalue weighted by Gasteiger charge is -2.34. The Bertz CT molecular complexity index is 532. The van der Waals surface area contributed by atoms with Crippen LogP contribution in [0.3, 0.4) is 0 Å². The summed E-state index contributed by atoms with van der Waals surface area (Å²) in [7, 11) is 0. The van der Waals surface area contributed by atoms with Gasteiger partial charge in [0.15, 0.2) is 5.75 Å². The van der Waals surface area contributed by atoms with Crippen LogP contribution in [-0.4, -0.2) is 12.1 Å². The van der Waals surface area contributed by atoms with Gasteiger partial charge in [-0.25, -0.2) is 0 Å². The third-order valence-electron chi connectivity index (χ3n) is 4.03. The van der Waals surface area contributed by atoms with Crippen molar-refractivity contribution in [3.63, 3.8) is 0 Å². The van der Waals surface area contributed by atoms with Crippen molar-refractivity contribution < 1.29 is 4.74 Å². The number of nitrogens with one attached hydrogen (secondary N) is 1. The molecule has 1 fully saturated rings. The van der Waals surface area contributed by atoms with Crippen LogP contribution in [-0.2, 0) is 0 Å². The van der Waals surface area contributed by atoms with E-state index < -0.39 is 0 Å². The molecular formula is C16H25N3OS. The first-order chi connectivity index (χ1) is 9.82. The van der Waals surface area contributed by atoms with Gasteiger partial charge in [-0.1, -0.05) is 13.8 Å². The number of hydrogen-bond donors (Lipinski definition) is 2. The normalized spacial score (nSPS) is 18.5. The third kappa shape index (κ3) is 3.82. The van der Waals surface area contributed by atoms with Crippen LogP contribution in [0.4, 0.5) is 10.7 Å². The standard InChI is InChI=1S/C16H25N3OS/c1-10(2)20-14-13(18)12(9-17)21-15(14)19-11-5-7-16(3,4)8-6-11/h10-11,19H,5-8,18H2,1-4H3. The Balaban J connectivity index is 2.14. The molecule has 1 aromatic heterocycles. The highest BCUT2D eigenvalue weighted by atomic mass is 32.1. The zero-order valence-corrected chi connectivity index (χ0v) is 14.1. The number of nitrogens with two attached hydrogens (primary N) is 1. The summed E-state index contributed by atoms with van der Waals surface area (Å²) >= 11 is 1.40. The molecule has 21 heavy (non-hydrogen) atoms. The summed E-state index contributed by atoms with van der Waals surface area (Å²) in [6.07, 6.45) is 4.77. The molecule has 0 radical (unpaired) electrons. The number of ether oxygens (including phenoxy) is 1. The predicted octanol–water partition coefficient (Wildman–Crippen LogP) is 4.37. The minimum absolute atomic E-state index is 0.0410. The van der Waals surface area contributed by atoms with Gasteiger partial charge in [-0.05, 0) is 44.9 Å². The molecule has 116 valence electrons. The zero-order chi connectivity index (χ0) is 15.6. The molecule has 0 spiro atoms. The van der Waals surface area contributed by atoms with Gasteiger partial charge in [0.1, 0.15) is 21.6 Å². The van der Waals surface area contributed by atoms with Crippen LogP contribution in [0.1, 0.15) is 58.3 Å². The van der Waals surface area contributed by atoms with Crippen LogP contribution >= 0.6 is 11.3 Å². The van der Waals surface area contributed by atoms with E-state index in [1.165, 1.54) is 24.2 Å². The largest absolute Gasteiger partial charge is 0.486 e. The molecule has 1 aliphatic rings. The Morgan fingerprint density at radius 3 is 2.52 bits per heavy atom. The highest BCUT2D eigenvalue weighted by Gasteiger charge is 2.28. The van der Waals surface area contributed by atoms with Gasteiger partial charge in [0, 0.05) is 6.04 Å². The van der Waals surface area contributed by atoms with Crippen molar-refractivity contribution in [2.75, 3.05) is 11.1 Å². The fourth-order valence-electron chi connectivity index (χ4n) is 2.69. The Kier molecular flexibility index (Phi) is 4.67. The number of anilines is 2. The van der Waals surface area contributed by atoms with Crippen LogP contribution < -0.4 is 15.8 Å². The molecule has 4 nitrogen and oxygen atoms in total. The summed E-state index contributed by atoms with van der Waals surface area (Å²) in [5, 5.41) is 13.6. The predicted molar refractivity (Wildman–Crippen MR) is 88.9 cm³/mol. The molecule has 2 rings (SSSR count). The van der Waals surface area contributed by atoms with Crippen molar-refractivity contribution in [3.8, 4) is 11.8 Å². The molecule has 1 aromatic rings. The smallest absolute Gasteiger partial charge is 0.178 e. The summed E-state index contributed by atoms with van der Waals surface area (Å²) in [4.78, 5) is 0.532. The lowest BCUT2D eigenvalue weighted by Crippen LogP contribution is -2.29. The van der Waals surface area contributed by atoms with Crippen LogP contribution in [0.5, 0.6) is 5.75 Å². The van der Waals surface area contributed by atoms with E-state index in [2.05, 4.69) is 25.2 Å². The van der Waals surface area contributed by atoms with Crippen molar-refractivity contribution in [2.24, 2.45) is 5.41 Å². The summed E-state index contributed by atoms with van der Waals surface area (Å²) in [5.74, 6) is 0.649. The Morgan fingerprint density at radius 2 is 2.00 bits per heavy atom. The van der Waals surface area contributed by atoms with E-state index in [9.17, 15) is 0 Å². The quantitative estimate of drug-likeness (QED) is 0.866. The highest BCUT2D eigenvalue weighted by Crippen LogP contribution is 2.44. The highest BCUT2D eigenvalue weighted by molar-refractivity contribution is 7.17. The molecule has 0 atom stereocenters. The molecule has 0 aliphatic heterocycles. The fourth-order valence-corrected chi connectivity index (χ4v) is 3.62. The van der Waals surface area contributed by atoms with Gasteiger partial charge in [-0.15, -0.1) is 11.3 Å². The number of hydrogen-bond acceptors (Lipinski definition) is 5. The van der Waals surface area contributed by atoms with E-state index in [1.54, 1.807) is 0 Å². The molecule has 0 amide bonds. The lowest BCUT2D eigenvalue weighted by atomic mass is 9.75. The van der Waals surface area contributed by atoms with Crippen LogP contribution in [0, 0.1) is 16.7 Å². The molecule has 0 unspecified atom stereocenters. The first-order valence-electron chi connectivity index (χ1n) is 7.58. The van der Waals surface area contributed by atoms with Gasteiger partial charge in [-0.2, -0.15) is 5.26 Å².